The first-order valence-electron chi connectivity index (χ1n) is 16.6. The zero-order valence-corrected chi connectivity index (χ0v) is 27.3. The molecular weight excluding hydrogens is 594 g/mol. The molecule has 8 rings (SSSR count). The Morgan fingerprint density at radius 3 is 1.79 bits per heavy atom. The van der Waals surface area contributed by atoms with Crippen LogP contribution >= 0.6 is 0 Å². The third kappa shape index (κ3) is 5.25. The Morgan fingerprint density at radius 1 is 0.604 bits per heavy atom. The topological polar surface area (TPSA) is 51.2 Å². The van der Waals surface area contributed by atoms with Gasteiger partial charge in [0, 0.05) is 25.6 Å². The molecule has 0 spiro atoms. The molecule has 0 bridgehead atoms. The number of aliphatic hydroxyl groups is 1. The van der Waals surface area contributed by atoms with E-state index >= 15 is 0 Å². The van der Waals surface area contributed by atoms with Gasteiger partial charge in [0.05, 0.1) is 26.9 Å². The van der Waals surface area contributed by atoms with Crippen molar-refractivity contribution >= 4 is 32.3 Å². The standard InChI is InChI=1S/C43H39NO4/c1-46-37-20-16-35(17-21-37)43(34-9-4-3-5-10-34,36-18-22-38(47-2)23-19-36)48-28-33-26-44(27-40(33)45)25-32-14-13-31-12-11-29-7-6-8-30-15-24-39(32)42(31)41(29)30/h3-24,33,40,45H,25-28H2,1-2H3/t33-,40+/m1/s1. The Bertz CT molecular complexity index is 2100. The van der Waals surface area contributed by atoms with Gasteiger partial charge in [0.15, 0.2) is 0 Å². The molecule has 0 unspecified atom stereocenters. The normalized spacial score (nSPS) is 17.1. The van der Waals surface area contributed by atoms with Crippen LogP contribution < -0.4 is 9.47 Å². The zero-order valence-electron chi connectivity index (χ0n) is 27.3. The molecule has 7 aromatic carbocycles. The number of β-amino-alcohol motifs (C(OH)–C–C–N with tert-alkyl or cyclic N) is 1. The third-order valence-electron chi connectivity index (χ3n) is 10.2. The van der Waals surface area contributed by atoms with Crippen molar-refractivity contribution in [3.05, 3.63) is 156 Å². The molecule has 1 fully saturated rings. The van der Waals surface area contributed by atoms with Crippen molar-refractivity contribution in [3.8, 4) is 11.5 Å². The predicted octanol–water partition coefficient (Wildman–Crippen LogP) is 8.40. The van der Waals surface area contributed by atoms with Gasteiger partial charge < -0.3 is 19.3 Å². The number of ether oxygens (including phenoxy) is 3. The number of nitrogens with zero attached hydrogens (tertiary/aromatic N) is 1. The van der Waals surface area contributed by atoms with Gasteiger partial charge in [-0.25, -0.2) is 0 Å². The molecule has 48 heavy (non-hydrogen) atoms. The molecule has 0 radical (unpaired) electrons. The number of benzene rings is 7. The van der Waals surface area contributed by atoms with E-state index in [4.69, 9.17) is 14.2 Å². The number of hydrogen-bond donors (Lipinski definition) is 1. The summed E-state index contributed by atoms with van der Waals surface area (Å²) in [4.78, 5) is 2.37. The van der Waals surface area contributed by atoms with Crippen molar-refractivity contribution < 1.29 is 19.3 Å². The van der Waals surface area contributed by atoms with Gasteiger partial charge >= 0.3 is 0 Å². The number of likely N-dealkylation sites (tertiary alicyclic amines) is 1. The minimum absolute atomic E-state index is 0.0654. The van der Waals surface area contributed by atoms with E-state index in [1.54, 1.807) is 14.2 Å². The molecule has 7 aromatic rings. The molecule has 1 N–H and O–H groups in total. The molecule has 5 nitrogen and oxygen atoms in total. The van der Waals surface area contributed by atoms with Gasteiger partial charge in [-0.05, 0) is 78.8 Å². The summed E-state index contributed by atoms with van der Waals surface area (Å²) in [6.45, 7) is 2.48. The third-order valence-corrected chi connectivity index (χ3v) is 10.2. The van der Waals surface area contributed by atoms with E-state index in [0.717, 1.165) is 41.3 Å². The quantitative estimate of drug-likeness (QED) is 0.121. The Hall–Kier alpha value is -4.94. The lowest BCUT2D eigenvalue weighted by molar-refractivity contribution is -0.0255. The summed E-state index contributed by atoms with van der Waals surface area (Å²) in [6, 6.07) is 46.5. The van der Waals surface area contributed by atoms with Crippen molar-refractivity contribution in [1.29, 1.82) is 0 Å². The summed E-state index contributed by atoms with van der Waals surface area (Å²) in [6.07, 6.45) is -0.509. The molecule has 1 saturated heterocycles. The van der Waals surface area contributed by atoms with E-state index in [1.807, 2.05) is 42.5 Å². The second kappa shape index (κ2) is 12.6. The van der Waals surface area contributed by atoms with Gasteiger partial charge in [0.2, 0.25) is 0 Å². The molecular formula is C43H39NO4. The lowest BCUT2D eigenvalue weighted by atomic mass is 9.80. The minimum Gasteiger partial charge on any atom is -0.497 e. The largest absolute Gasteiger partial charge is 0.497 e. The fraction of sp³-hybridized carbons (Fsp3) is 0.209. The van der Waals surface area contributed by atoms with Crippen LogP contribution in [0.4, 0.5) is 0 Å². The van der Waals surface area contributed by atoms with Crippen LogP contribution in [0.1, 0.15) is 22.3 Å². The molecule has 0 saturated carbocycles. The van der Waals surface area contributed by atoms with Crippen LogP contribution in [0.25, 0.3) is 32.3 Å². The van der Waals surface area contributed by atoms with E-state index in [2.05, 4.69) is 95.9 Å². The van der Waals surface area contributed by atoms with Gasteiger partial charge in [-0.2, -0.15) is 0 Å². The Kier molecular flexibility index (Phi) is 7.97. The molecule has 1 heterocycles. The molecule has 5 heteroatoms. The van der Waals surface area contributed by atoms with Gasteiger partial charge in [-0.1, -0.05) is 109 Å². The molecule has 1 aliphatic heterocycles. The number of aliphatic hydroxyl groups excluding tert-OH is 1. The summed E-state index contributed by atoms with van der Waals surface area (Å²) in [5.74, 6) is 1.50. The first-order valence-corrected chi connectivity index (χ1v) is 16.6. The maximum Gasteiger partial charge on any atom is 0.143 e. The molecule has 0 aromatic heterocycles. The van der Waals surface area contributed by atoms with E-state index in [-0.39, 0.29) is 5.92 Å². The molecule has 240 valence electrons. The second-order valence-corrected chi connectivity index (χ2v) is 12.9. The first-order chi connectivity index (χ1) is 23.6. The van der Waals surface area contributed by atoms with Crippen LogP contribution in [0.2, 0.25) is 0 Å². The highest BCUT2D eigenvalue weighted by molar-refractivity contribution is 6.23. The SMILES string of the molecule is COc1ccc(C(OC[C@H]2CN(Cc3ccc4ccc5cccc6ccc3c4c56)C[C@@H]2O)(c2ccccc2)c2ccc(OC)cc2)cc1. The van der Waals surface area contributed by atoms with E-state index < -0.39 is 11.7 Å². The van der Waals surface area contributed by atoms with Gasteiger partial charge in [0.1, 0.15) is 17.1 Å². The Balaban J connectivity index is 1.11. The van der Waals surface area contributed by atoms with E-state index in [1.165, 1.54) is 37.9 Å². The lowest BCUT2D eigenvalue weighted by Gasteiger charge is -2.37. The smallest absolute Gasteiger partial charge is 0.143 e. The van der Waals surface area contributed by atoms with Gasteiger partial charge in [-0.3, -0.25) is 4.90 Å². The average Bonchev–Trinajstić information content (AvgIpc) is 3.50. The second-order valence-electron chi connectivity index (χ2n) is 12.9. The van der Waals surface area contributed by atoms with Crippen LogP contribution in [0.3, 0.4) is 0 Å². The highest BCUT2D eigenvalue weighted by Crippen LogP contribution is 2.43. The summed E-state index contributed by atoms with van der Waals surface area (Å²) in [5, 5.41) is 19.2. The summed E-state index contributed by atoms with van der Waals surface area (Å²) in [5.41, 5.74) is 3.34. The molecule has 2 atom stereocenters. The highest BCUT2D eigenvalue weighted by atomic mass is 16.5. The molecule has 0 aliphatic carbocycles. The number of methoxy groups -OCH3 is 2. The van der Waals surface area contributed by atoms with Crippen molar-refractivity contribution in [2.75, 3.05) is 33.9 Å². The zero-order chi connectivity index (χ0) is 32.7. The average molecular weight is 634 g/mol. The van der Waals surface area contributed by atoms with Crippen LogP contribution in [-0.4, -0.2) is 50.0 Å². The lowest BCUT2D eigenvalue weighted by Crippen LogP contribution is -2.36. The summed E-state index contributed by atoms with van der Waals surface area (Å²) >= 11 is 0. The summed E-state index contributed by atoms with van der Waals surface area (Å²) in [7, 11) is 3.35. The van der Waals surface area contributed by atoms with Gasteiger partial charge in [0.25, 0.3) is 0 Å². The maximum absolute atomic E-state index is 11.5. The van der Waals surface area contributed by atoms with Gasteiger partial charge in [-0.15, -0.1) is 0 Å². The van der Waals surface area contributed by atoms with E-state index in [9.17, 15) is 5.11 Å². The fourth-order valence-corrected chi connectivity index (χ4v) is 7.72. The maximum atomic E-state index is 11.5. The van der Waals surface area contributed by atoms with Crippen LogP contribution in [0, 0.1) is 5.92 Å². The van der Waals surface area contributed by atoms with Crippen molar-refractivity contribution in [2.24, 2.45) is 5.92 Å². The van der Waals surface area contributed by atoms with Crippen LogP contribution in [0.15, 0.2) is 133 Å². The minimum atomic E-state index is -0.918. The van der Waals surface area contributed by atoms with Crippen molar-refractivity contribution in [3.63, 3.8) is 0 Å². The Labute approximate surface area is 281 Å². The first kappa shape index (κ1) is 30.4. The van der Waals surface area contributed by atoms with Crippen molar-refractivity contribution in [1.82, 2.24) is 4.90 Å². The van der Waals surface area contributed by atoms with E-state index in [0.29, 0.717) is 13.2 Å². The predicted molar refractivity (Wildman–Crippen MR) is 193 cm³/mol. The van der Waals surface area contributed by atoms with Crippen LogP contribution in [0.5, 0.6) is 11.5 Å². The molecule has 1 aliphatic rings. The molecule has 0 amide bonds. The highest BCUT2D eigenvalue weighted by Gasteiger charge is 2.40. The monoisotopic (exact) mass is 633 g/mol. The fourth-order valence-electron chi connectivity index (χ4n) is 7.72. The Morgan fingerprint density at radius 2 is 1.17 bits per heavy atom. The number of rotatable bonds is 10. The number of hydrogen-bond acceptors (Lipinski definition) is 5. The summed E-state index contributed by atoms with van der Waals surface area (Å²) < 4.78 is 18.2. The van der Waals surface area contributed by atoms with Crippen LogP contribution in [-0.2, 0) is 16.9 Å². The van der Waals surface area contributed by atoms with Crippen molar-refractivity contribution in [2.45, 2.75) is 18.2 Å².